The Balaban J connectivity index is 2.39. The summed E-state index contributed by atoms with van der Waals surface area (Å²) in [5.74, 6) is 0.450. The van der Waals surface area contributed by atoms with Gasteiger partial charge in [0.25, 0.3) is 0 Å². The number of carbonyl (C=O) groups is 1. The third kappa shape index (κ3) is 3.06. The number of hydrogen-bond donors (Lipinski definition) is 0. The monoisotopic (exact) mass is 401 g/mol. The van der Waals surface area contributed by atoms with Crippen LogP contribution in [-0.4, -0.2) is 42.6 Å². The number of nitrogens with zero attached hydrogens (tertiary/aromatic N) is 1. The van der Waals surface area contributed by atoms with E-state index in [9.17, 15) is 4.79 Å². The first-order valence-electron chi connectivity index (χ1n) is 10.1. The molecule has 0 amide bonds. The molecule has 29 heavy (non-hydrogen) atoms. The maximum Gasteiger partial charge on any atom is 0.497 e. The quantitative estimate of drug-likeness (QED) is 0.579. The van der Waals surface area contributed by atoms with E-state index in [1.807, 2.05) is 67.0 Å². The molecule has 0 aliphatic carbocycles. The molecular weight excluding hydrogens is 369 g/mol. The third-order valence-electron chi connectivity index (χ3n) is 6.51. The number of aryl methyl sites for hydroxylation is 3. The third-order valence-corrected chi connectivity index (χ3v) is 6.51. The number of carbonyl (C=O) groups excluding carboxylic acids is 1. The average molecular weight is 401 g/mol. The van der Waals surface area contributed by atoms with Gasteiger partial charge in [-0.15, -0.1) is 0 Å². The fourth-order valence-electron chi connectivity index (χ4n) is 4.34. The van der Waals surface area contributed by atoms with E-state index in [0.717, 1.165) is 38.8 Å². The van der Waals surface area contributed by atoms with Crippen molar-refractivity contribution >= 4 is 29.5 Å². The van der Waals surface area contributed by atoms with E-state index in [2.05, 4.69) is 0 Å². The van der Waals surface area contributed by atoms with E-state index in [4.69, 9.17) is 18.8 Å². The number of ether oxygens (including phenoxy) is 2. The standard InChI is InChI=1S/C22H32BNO5/c1-11-27-20(25)17-12(2)15-13(3)19(26-10)14(4)16(18(15)24(17)9)23-28-21(5,6)22(7,8)29-23/h11H2,1-10H3. The number of fused-ring (bicyclic) bond motifs is 1. The van der Waals surface area contributed by atoms with Gasteiger partial charge in [0.05, 0.1) is 24.9 Å². The van der Waals surface area contributed by atoms with Crippen LogP contribution in [0, 0.1) is 20.8 Å². The lowest BCUT2D eigenvalue weighted by Crippen LogP contribution is -2.41. The molecule has 1 aromatic heterocycles. The molecule has 1 fully saturated rings. The molecule has 0 saturated carbocycles. The highest BCUT2D eigenvalue weighted by Crippen LogP contribution is 2.40. The summed E-state index contributed by atoms with van der Waals surface area (Å²) in [5.41, 5.74) is 4.21. The first kappa shape index (κ1) is 21.7. The van der Waals surface area contributed by atoms with Crippen molar-refractivity contribution in [2.45, 2.75) is 66.6 Å². The molecule has 158 valence electrons. The van der Waals surface area contributed by atoms with Gasteiger partial charge in [-0.1, -0.05) is 0 Å². The highest BCUT2D eigenvalue weighted by molar-refractivity contribution is 6.65. The number of aromatic nitrogens is 1. The van der Waals surface area contributed by atoms with Crippen molar-refractivity contribution in [2.75, 3.05) is 13.7 Å². The fourth-order valence-corrected chi connectivity index (χ4v) is 4.34. The van der Waals surface area contributed by atoms with E-state index in [0.29, 0.717) is 12.3 Å². The van der Waals surface area contributed by atoms with Gasteiger partial charge < -0.3 is 23.3 Å². The van der Waals surface area contributed by atoms with Crippen molar-refractivity contribution < 1.29 is 23.6 Å². The molecule has 6 nitrogen and oxygen atoms in total. The van der Waals surface area contributed by atoms with E-state index < -0.39 is 18.3 Å². The second kappa shape index (κ2) is 7.06. The van der Waals surface area contributed by atoms with Crippen LogP contribution in [0.25, 0.3) is 10.9 Å². The van der Waals surface area contributed by atoms with Gasteiger partial charge in [0.1, 0.15) is 11.4 Å². The molecule has 1 saturated heterocycles. The molecule has 0 atom stereocenters. The summed E-state index contributed by atoms with van der Waals surface area (Å²) < 4.78 is 25.8. The lowest BCUT2D eigenvalue weighted by atomic mass is 9.73. The van der Waals surface area contributed by atoms with Gasteiger partial charge in [-0.25, -0.2) is 4.79 Å². The Morgan fingerprint density at radius 2 is 1.59 bits per heavy atom. The maximum absolute atomic E-state index is 12.7. The first-order chi connectivity index (χ1) is 13.4. The fraction of sp³-hybridized carbons (Fsp3) is 0.591. The van der Waals surface area contributed by atoms with Gasteiger partial charge in [0.2, 0.25) is 0 Å². The molecule has 0 spiro atoms. The molecule has 0 N–H and O–H groups in total. The number of hydrogen-bond acceptors (Lipinski definition) is 5. The molecule has 1 aliphatic rings. The first-order valence-corrected chi connectivity index (χ1v) is 10.1. The Bertz CT molecular complexity index is 973. The van der Waals surface area contributed by atoms with Crippen molar-refractivity contribution in [3.63, 3.8) is 0 Å². The van der Waals surface area contributed by atoms with Gasteiger partial charge in [-0.05, 0) is 66.5 Å². The molecule has 1 aliphatic heterocycles. The molecular formula is C22H32BNO5. The molecule has 0 unspecified atom stereocenters. The van der Waals surface area contributed by atoms with Crippen molar-refractivity contribution in [3.05, 3.63) is 22.4 Å². The van der Waals surface area contributed by atoms with Crippen LogP contribution in [0.5, 0.6) is 5.75 Å². The second-order valence-electron chi connectivity index (χ2n) is 8.76. The number of benzene rings is 1. The van der Waals surface area contributed by atoms with E-state index >= 15 is 0 Å². The molecule has 3 rings (SSSR count). The van der Waals surface area contributed by atoms with Crippen LogP contribution < -0.4 is 10.2 Å². The number of methoxy groups -OCH3 is 1. The van der Waals surface area contributed by atoms with Crippen LogP contribution in [0.2, 0.25) is 0 Å². The Labute approximate surface area is 173 Å². The predicted molar refractivity (Wildman–Crippen MR) is 115 cm³/mol. The number of rotatable bonds is 4. The van der Waals surface area contributed by atoms with Crippen LogP contribution in [0.15, 0.2) is 0 Å². The summed E-state index contributed by atoms with van der Waals surface area (Å²) in [6.45, 7) is 16.2. The SMILES string of the molecule is CCOC(=O)c1c(C)c2c(C)c(OC)c(C)c(B3OC(C)(C)C(C)(C)O3)c2n1C. The van der Waals surface area contributed by atoms with E-state index in [1.165, 1.54) is 0 Å². The minimum absolute atomic E-state index is 0.325. The Kier molecular flexibility index (Phi) is 5.29. The van der Waals surface area contributed by atoms with Crippen molar-refractivity contribution in [1.29, 1.82) is 0 Å². The van der Waals surface area contributed by atoms with Crippen molar-refractivity contribution in [2.24, 2.45) is 7.05 Å². The average Bonchev–Trinajstić information content (AvgIpc) is 2.97. The zero-order valence-electron chi connectivity index (χ0n) is 19.3. The van der Waals surface area contributed by atoms with Crippen LogP contribution in [0.4, 0.5) is 0 Å². The normalized spacial score (nSPS) is 17.8. The summed E-state index contributed by atoms with van der Waals surface area (Å²) in [6, 6.07) is 0. The van der Waals surface area contributed by atoms with Gasteiger partial charge in [0.15, 0.2) is 0 Å². The lowest BCUT2D eigenvalue weighted by Gasteiger charge is -2.32. The summed E-state index contributed by atoms with van der Waals surface area (Å²) >= 11 is 0. The molecule has 0 bridgehead atoms. The highest BCUT2D eigenvalue weighted by atomic mass is 16.7. The van der Waals surface area contributed by atoms with Crippen LogP contribution >= 0.6 is 0 Å². The minimum Gasteiger partial charge on any atom is -0.496 e. The Morgan fingerprint density at radius 1 is 1.03 bits per heavy atom. The minimum atomic E-state index is -0.569. The molecule has 2 heterocycles. The molecule has 1 aromatic carbocycles. The topological polar surface area (TPSA) is 58.9 Å². The molecule has 7 heteroatoms. The van der Waals surface area contributed by atoms with Gasteiger partial charge in [-0.2, -0.15) is 0 Å². The molecule has 0 radical (unpaired) electrons. The zero-order chi connectivity index (χ0) is 21.9. The predicted octanol–water partition coefficient (Wildman–Crippen LogP) is 3.59. The van der Waals surface area contributed by atoms with Crippen LogP contribution in [0.1, 0.15) is 61.8 Å². The highest BCUT2D eigenvalue weighted by Gasteiger charge is 2.53. The Morgan fingerprint density at radius 3 is 2.07 bits per heavy atom. The summed E-state index contributed by atoms with van der Waals surface area (Å²) in [5, 5.41) is 0.975. The summed E-state index contributed by atoms with van der Waals surface area (Å²) in [7, 11) is 2.99. The maximum atomic E-state index is 12.7. The van der Waals surface area contributed by atoms with Crippen LogP contribution in [0.3, 0.4) is 0 Å². The van der Waals surface area contributed by atoms with Crippen molar-refractivity contribution in [3.8, 4) is 5.75 Å². The lowest BCUT2D eigenvalue weighted by molar-refractivity contribution is 0.00578. The van der Waals surface area contributed by atoms with Gasteiger partial charge >= 0.3 is 13.1 Å². The second-order valence-corrected chi connectivity index (χ2v) is 8.76. The van der Waals surface area contributed by atoms with Crippen LogP contribution in [-0.2, 0) is 21.1 Å². The van der Waals surface area contributed by atoms with E-state index in [1.54, 1.807) is 7.11 Å². The summed E-state index contributed by atoms with van der Waals surface area (Å²) in [4.78, 5) is 12.7. The zero-order valence-corrected chi connectivity index (χ0v) is 19.3. The van der Waals surface area contributed by atoms with Gasteiger partial charge in [-0.3, -0.25) is 0 Å². The Hall–Kier alpha value is -1.99. The molecule has 2 aromatic rings. The number of esters is 1. The smallest absolute Gasteiger partial charge is 0.496 e. The van der Waals surface area contributed by atoms with Gasteiger partial charge in [0, 0.05) is 29.0 Å². The van der Waals surface area contributed by atoms with E-state index in [-0.39, 0.29) is 5.97 Å². The van der Waals surface area contributed by atoms with Crippen molar-refractivity contribution in [1.82, 2.24) is 4.57 Å². The largest absolute Gasteiger partial charge is 0.497 e. The summed E-state index contributed by atoms with van der Waals surface area (Å²) in [6.07, 6.45) is 0.